The quantitative estimate of drug-likeness (QED) is 0.838. The van der Waals surface area contributed by atoms with Gasteiger partial charge in [0.05, 0.1) is 18.2 Å². The van der Waals surface area contributed by atoms with Crippen LogP contribution in [0.5, 0.6) is 0 Å². The Kier molecular flexibility index (Phi) is 5.02. The summed E-state index contributed by atoms with van der Waals surface area (Å²) in [5.41, 5.74) is 2.48. The smallest absolute Gasteiger partial charge is 0.251 e. The maximum atomic E-state index is 13.1. The molecule has 8 nitrogen and oxygen atoms in total. The molecule has 1 N–H and O–H groups in total. The van der Waals surface area contributed by atoms with E-state index in [4.69, 9.17) is 4.52 Å². The fourth-order valence-electron chi connectivity index (χ4n) is 4.77. The number of nitrogens with one attached hydrogen (secondary N) is 1. The summed E-state index contributed by atoms with van der Waals surface area (Å²) in [4.78, 5) is 39.1. The second-order valence-electron chi connectivity index (χ2n) is 8.13. The molecule has 1 fully saturated rings. The maximum absolute atomic E-state index is 13.1. The van der Waals surface area contributed by atoms with E-state index in [2.05, 4.69) is 10.5 Å². The van der Waals surface area contributed by atoms with Gasteiger partial charge in [0.15, 0.2) is 0 Å². The van der Waals surface area contributed by atoms with E-state index in [-0.39, 0.29) is 41.7 Å². The van der Waals surface area contributed by atoms with E-state index < -0.39 is 0 Å². The van der Waals surface area contributed by atoms with Gasteiger partial charge in [-0.3, -0.25) is 14.4 Å². The second-order valence-corrected chi connectivity index (χ2v) is 8.13. The predicted octanol–water partition coefficient (Wildman–Crippen LogP) is 1.32. The number of carbonyl (C=O) groups is 2. The molecule has 4 heterocycles. The summed E-state index contributed by atoms with van der Waals surface area (Å²) in [6.07, 6.45) is 1.17. The first-order valence-corrected chi connectivity index (χ1v) is 10.0. The van der Waals surface area contributed by atoms with Crippen LogP contribution >= 0.6 is 0 Å². The average Bonchev–Trinajstić information content (AvgIpc) is 3.00. The summed E-state index contributed by atoms with van der Waals surface area (Å²) in [7, 11) is 0. The van der Waals surface area contributed by atoms with Crippen molar-refractivity contribution in [3.63, 3.8) is 0 Å². The Balaban J connectivity index is 1.61. The van der Waals surface area contributed by atoms with Gasteiger partial charge in [-0.25, -0.2) is 0 Å². The first kappa shape index (κ1) is 19.4. The van der Waals surface area contributed by atoms with Gasteiger partial charge in [-0.2, -0.15) is 0 Å². The molecular weight excluding hydrogens is 372 g/mol. The van der Waals surface area contributed by atoms with Crippen LogP contribution in [-0.2, 0) is 16.0 Å². The van der Waals surface area contributed by atoms with Gasteiger partial charge in [0.1, 0.15) is 5.76 Å². The van der Waals surface area contributed by atoms with Crippen molar-refractivity contribution in [1.29, 1.82) is 0 Å². The Morgan fingerprint density at radius 2 is 2.07 bits per heavy atom. The van der Waals surface area contributed by atoms with Gasteiger partial charge in [-0.05, 0) is 32.3 Å². The van der Waals surface area contributed by atoms with Crippen molar-refractivity contribution in [2.75, 3.05) is 19.6 Å². The van der Waals surface area contributed by atoms with Gasteiger partial charge in [0.25, 0.3) is 5.56 Å². The maximum Gasteiger partial charge on any atom is 0.251 e. The third-order valence-corrected chi connectivity index (χ3v) is 6.22. The number of nitrogens with zero attached hydrogens (tertiary/aromatic N) is 3. The normalized spacial score (nSPS) is 22.9. The molecule has 8 heteroatoms. The van der Waals surface area contributed by atoms with Crippen LogP contribution in [0.15, 0.2) is 27.5 Å². The number of pyridine rings is 1. The summed E-state index contributed by atoms with van der Waals surface area (Å²) < 4.78 is 7.01. The molecule has 4 rings (SSSR count). The van der Waals surface area contributed by atoms with Crippen molar-refractivity contribution >= 4 is 11.8 Å². The van der Waals surface area contributed by atoms with Crippen molar-refractivity contribution < 1.29 is 14.1 Å². The van der Waals surface area contributed by atoms with E-state index in [0.717, 1.165) is 23.4 Å². The largest absolute Gasteiger partial charge is 0.361 e. The molecular formula is C21H26N4O4. The molecule has 1 saturated heterocycles. The number of carbonyl (C=O) groups excluding carboxylic acids is 2. The molecule has 0 aliphatic carbocycles. The number of amides is 2. The molecule has 0 unspecified atom stereocenters. The molecule has 2 aliphatic heterocycles. The summed E-state index contributed by atoms with van der Waals surface area (Å²) in [5.74, 6) is 0.819. The number of hydrogen-bond donors (Lipinski definition) is 1. The van der Waals surface area contributed by atoms with Crippen molar-refractivity contribution in [1.82, 2.24) is 19.9 Å². The lowest BCUT2D eigenvalue weighted by Crippen LogP contribution is -2.53. The van der Waals surface area contributed by atoms with Crippen molar-refractivity contribution in [2.24, 2.45) is 5.92 Å². The predicted molar refractivity (Wildman–Crippen MR) is 106 cm³/mol. The number of rotatable bonds is 4. The molecule has 2 amide bonds. The lowest BCUT2D eigenvalue weighted by Gasteiger charge is -2.47. The van der Waals surface area contributed by atoms with Gasteiger partial charge in [0, 0.05) is 49.8 Å². The first-order chi connectivity index (χ1) is 13.8. The Hall–Kier alpha value is -2.90. The highest BCUT2D eigenvalue weighted by Gasteiger charge is 2.41. The third kappa shape index (κ3) is 3.59. The molecule has 0 aromatic carbocycles. The van der Waals surface area contributed by atoms with Crippen LogP contribution in [0.3, 0.4) is 0 Å². The summed E-state index contributed by atoms with van der Waals surface area (Å²) in [6, 6.07) is 5.14. The van der Waals surface area contributed by atoms with Crippen LogP contribution in [0.25, 0.3) is 0 Å². The lowest BCUT2D eigenvalue weighted by atomic mass is 9.78. The van der Waals surface area contributed by atoms with Gasteiger partial charge in [0.2, 0.25) is 11.8 Å². The molecule has 29 heavy (non-hydrogen) atoms. The van der Waals surface area contributed by atoms with Crippen molar-refractivity contribution in [3.05, 3.63) is 51.3 Å². The molecule has 2 aliphatic rings. The van der Waals surface area contributed by atoms with Gasteiger partial charge >= 0.3 is 0 Å². The van der Waals surface area contributed by atoms with E-state index in [9.17, 15) is 14.4 Å². The number of aromatic nitrogens is 2. The number of aryl methyl sites for hydroxylation is 2. The summed E-state index contributed by atoms with van der Waals surface area (Å²) in [5, 5.41) is 6.80. The van der Waals surface area contributed by atoms with E-state index in [1.807, 2.05) is 29.4 Å². The number of piperidine rings is 1. The standard InChI is InChI=1S/C21H26N4O4/c1-12-17(13(2)29-23-12)8-21(28)24-10-15-7-16(11-24)19(9-22-14(3)26)25-18(15)5-4-6-20(25)27/h4-6,15-16,19H,7-11H2,1-3H3,(H,22,26)/t15-,16+,19+/m1/s1. The second kappa shape index (κ2) is 7.50. The van der Waals surface area contributed by atoms with Crippen molar-refractivity contribution in [2.45, 2.75) is 45.6 Å². The fourth-order valence-corrected chi connectivity index (χ4v) is 4.77. The first-order valence-electron chi connectivity index (χ1n) is 10.0. The van der Waals surface area contributed by atoms with Crippen LogP contribution in [0.4, 0.5) is 0 Å². The lowest BCUT2D eigenvalue weighted by molar-refractivity contribution is -0.133. The Labute approximate surface area is 168 Å². The van der Waals surface area contributed by atoms with Crippen molar-refractivity contribution in [3.8, 4) is 0 Å². The highest BCUT2D eigenvalue weighted by molar-refractivity contribution is 5.79. The highest BCUT2D eigenvalue weighted by atomic mass is 16.5. The third-order valence-electron chi connectivity index (χ3n) is 6.22. The Morgan fingerprint density at radius 1 is 1.28 bits per heavy atom. The number of fused-ring (bicyclic) bond motifs is 4. The van der Waals surface area contributed by atoms with E-state index in [0.29, 0.717) is 25.4 Å². The van der Waals surface area contributed by atoms with Crippen LogP contribution in [0.1, 0.15) is 48.0 Å². The molecule has 0 spiro atoms. The Bertz CT molecular complexity index is 989. The highest BCUT2D eigenvalue weighted by Crippen LogP contribution is 2.41. The van der Waals surface area contributed by atoms with Crippen LogP contribution in [0.2, 0.25) is 0 Å². The van der Waals surface area contributed by atoms with Crippen LogP contribution in [-0.4, -0.2) is 46.1 Å². The van der Waals surface area contributed by atoms with E-state index in [1.165, 1.54) is 6.92 Å². The molecule has 2 bridgehead atoms. The van der Waals surface area contributed by atoms with Crippen LogP contribution < -0.4 is 10.9 Å². The number of likely N-dealkylation sites (tertiary alicyclic amines) is 1. The van der Waals surface area contributed by atoms with Crippen LogP contribution in [0, 0.1) is 19.8 Å². The summed E-state index contributed by atoms with van der Waals surface area (Å²) >= 11 is 0. The Morgan fingerprint density at radius 3 is 2.76 bits per heavy atom. The van der Waals surface area contributed by atoms with E-state index >= 15 is 0 Å². The molecule has 2 aromatic rings. The zero-order chi connectivity index (χ0) is 20.7. The fraction of sp³-hybridized carbons (Fsp3) is 0.524. The minimum absolute atomic E-state index is 0.0408. The van der Waals surface area contributed by atoms with E-state index in [1.54, 1.807) is 12.1 Å². The van der Waals surface area contributed by atoms with Gasteiger partial charge < -0.3 is 19.3 Å². The summed E-state index contributed by atoms with van der Waals surface area (Å²) in [6.45, 7) is 6.69. The topological polar surface area (TPSA) is 97.4 Å². The molecule has 3 atom stereocenters. The zero-order valence-corrected chi connectivity index (χ0v) is 17.0. The van der Waals surface area contributed by atoms with Gasteiger partial charge in [-0.15, -0.1) is 0 Å². The minimum Gasteiger partial charge on any atom is -0.361 e. The van der Waals surface area contributed by atoms with Gasteiger partial charge in [-0.1, -0.05) is 11.2 Å². The monoisotopic (exact) mass is 398 g/mol. The molecule has 2 aromatic heterocycles. The minimum atomic E-state index is -0.159. The molecule has 0 radical (unpaired) electrons. The molecule has 154 valence electrons. The SMILES string of the molecule is CC(=O)NC[C@H]1[C@H]2C[C@H](CN(C(=O)Cc3c(C)noc3C)C2)c2cccc(=O)n21. The molecule has 0 saturated carbocycles. The number of hydrogen-bond acceptors (Lipinski definition) is 5. The zero-order valence-electron chi connectivity index (χ0n) is 17.0. The average molecular weight is 398 g/mol.